The molecule has 3 aromatic rings. The maximum Gasteiger partial charge on any atom is 0.257 e. The van der Waals surface area contributed by atoms with Crippen molar-refractivity contribution in [1.82, 2.24) is 14.1 Å². The highest BCUT2D eigenvalue weighted by molar-refractivity contribution is 7.80. The van der Waals surface area contributed by atoms with Gasteiger partial charge in [-0.2, -0.15) is 14.0 Å². The van der Waals surface area contributed by atoms with E-state index in [0.717, 1.165) is 17.2 Å². The van der Waals surface area contributed by atoms with Crippen molar-refractivity contribution in [2.75, 3.05) is 5.32 Å². The Morgan fingerprint density at radius 1 is 1.17 bits per heavy atom. The lowest BCUT2D eigenvalue weighted by Gasteiger charge is -2.10. The molecule has 8 heteroatoms. The second-order valence-corrected chi connectivity index (χ2v) is 5.47. The number of thiocarbonyl (C=S) groups is 1. The lowest BCUT2D eigenvalue weighted by Crippen LogP contribution is -2.34. The third kappa shape index (κ3) is 3.31. The Balaban J connectivity index is 1.72. The van der Waals surface area contributed by atoms with Crippen LogP contribution in [0.2, 0.25) is 0 Å². The van der Waals surface area contributed by atoms with Gasteiger partial charge in [0.05, 0.1) is 23.0 Å². The predicted octanol–water partition coefficient (Wildman–Crippen LogP) is 2.69. The molecule has 1 heterocycles. The number of carbonyl (C=O) groups is 1. The number of benzene rings is 2. The minimum absolute atomic E-state index is 0.120. The summed E-state index contributed by atoms with van der Waals surface area (Å²) in [6.45, 7) is 0. The number of aromatic nitrogens is 2. The van der Waals surface area contributed by atoms with Gasteiger partial charge < -0.3 is 5.32 Å². The first-order chi connectivity index (χ1) is 11.2. The molecule has 2 aromatic carbocycles. The number of carbonyl (C=O) groups excluding carboxylic acids is 1. The minimum Gasteiger partial charge on any atom is -0.331 e. The van der Waals surface area contributed by atoms with Crippen LogP contribution >= 0.6 is 23.9 Å². The Labute approximate surface area is 141 Å². The van der Waals surface area contributed by atoms with Crippen molar-refractivity contribution >= 4 is 51.7 Å². The van der Waals surface area contributed by atoms with Crippen LogP contribution in [0.5, 0.6) is 0 Å². The lowest BCUT2D eigenvalue weighted by molar-refractivity contribution is 0.0978. The van der Waals surface area contributed by atoms with Crippen molar-refractivity contribution in [1.29, 1.82) is 5.26 Å². The van der Waals surface area contributed by atoms with Crippen molar-refractivity contribution in [3.8, 4) is 6.07 Å². The van der Waals surface area contributed by atoms with Crippen molar-refractivity contribution in [2.24, 2.45) is 0 Å². The first-order valence-electron chi connectivity index (χ1n) is 6.51. The molecule has 0 spiro atoms. The Kier molecular flexibility index (Phi) is 4.23. The van der Waals surface area contributed by atoms with Crippen LogP contribution in [0, 0.1) is 11.3 Å². The molecule has 0 bridgehead atoms. The summed E-state index contributed by atoms with van der Waals surface area (Å²) in [4.78, 5) is 12.2. The fourth-order valence-electron chi connectivity index (χ4n) is 1.94. The third-order valence-electron chi connectivity index (χ3n) is 3.04. The average Bonchev–Trinajstić information content (AvgIpc) is 3.02. The monoisotopic (exact) mass is 339 g/mol. The molecule has 0 aliphatic rings. The molecule has 0 aliphatic carbocycles. The predicted molar refractivity (Wildman–Crippen MR) is 92.3 cm³/mol. The van der Waals surface area contributed by atoms with E-state index in [1.54, 1.807) is 42.5 Å². The van der Waals surface area contributed by atoms with Gasteiger partial charge in [0, 0.05) is 5.56 Å². The fraction of sp³-hybridized carbons (Fsp3) is 0. The quantitative estimate of drug-likeness (QED) is 0.698. The summed E-state index contributed by atoms with van der Waals surface area (Å²) < 4.78 is 8.18. The van der Waals surface area contributed by atoms with Gasteiger partial charge in [0.25, 0.3) is 5.91 Å². The van der Waals surface area contributed by atoms with E-state index in [4.69, 9.17) is 17.5 Å². The van der Waals surface area contributed by atoms with Gasteiger partial charge in [-0.1, -0.05) is 12.1 Å². The van der Waals surface area contributed by atoms with Gasteiger partial charge in [-0.25, -0.2) is 0 Å². The molecule has 0 radical (unpaired) electrons. The molecule has 3 rings (SSSR count). The highest BCUT2D eigenvalue weighted by Crippen LogP contribution is 2.15. The van der Waals surface area contributed by atoms with Crippen LogP contribution in [0.4, 0.5) is 5.69 Å². The van der Waals surface area contributed by atoms with Crippen LogP contribution in [0.1, 0.15) is 15.9 Å². The number of nitrogens with one attached hydrogen (secondary N) is 2. The van der Waals surface area contributed by atoms with E-state index in [1.807, 2.05) is 0 Å². The van der Waals surface area contributed by atoms with Gasteiger partial charge >= 0.3 is 0 Å². The molecule has 0 fully saturated rings. The van der Waals surface area contributed by atoms with E-state index in [2.05, 4.69) is 25.4 Å². The SMILES string of the molecule is N#Cc1ccccc1NC(=S)NC(=O)c1ccc2nsnc2c1. The van der Waals surface area contributed by atoms with Crippen LogP contribution in [0.3, 0.4) is 0 Å². The zero-order chi connectivity index (χ0) is 16.2. The highest BCUT2D eigenvalue weighted by Gasteiger charge is 2.11. The topological polar surface area (TPSA) is 90.7 Å². The van der Waals surface area contributed by atoms with Crippen LogP contribution < -0.4 is 10.6 Å². The van der Waals surface area contributed by atoms with Gasteiger partial charge in [0.2, 0.25) is 0 Å². The molecule has 0 unspecified atom stereocenters. The maximum atomic E-state index is 12.2. The van der Waals surface area contributed by atoms with Crippen molar-refractivity contribution in [3.63, 3.8) is 0 Å². The summed E-state index contributed by atoms with van der Waals surface area (Å²) in [6, 6.07) is 14.0. The molecule has 2 N–H and O–H groups in total. The molecule has 0 atom stereocenters. The molecule has 1 amide bonds. The molecule has 6 nitrogen and oxygen atoms in total. The van der Waals surface area contributed by atoms with E-state index in [1.165, 1.54) is 0 Å². The van der Waals surface area contributed by atoms with E-state index in [-0.39, 0.29) is 11.0 Å². The number of rotatable bonds is 2. The average molecular weight is 339 g/mol. The summed E-state index contributed by atoms with van der Waals surface area (Å²) in [5.74, 6) is -0.355. The van der Waals surface area contributed by atoms with E-state index < -0.39 is 0 Å². The first-order valence-corrected chi connectivity index (χ1v) is 7.65. The Bertz CT molecular complexity index is 944. The Hall–Kier alpha value is -2.89. The largest absolute Gasteiger partial charge is 0.331 e. The minimum atomic E-state index is -0.355. The smallest absolute Gasteiger partial charge is 0.257 e. The zero-order valence-electron chi connectivity index (χ0n) is 11.6. The number of hydrogen-bond acceptors (Lipinski definition) is 6. The number of amides is 1. The zero-order valence-corrected chi connectivity index (χ0v) is 13.2. The first kappa shape index (κ1) is 15.0. The standard InChI is InChI=1S/C15H9N5OS2/c16-8-10-3-1-2-4-11(10)17-15(22)18-14(21)9-5-6-12-13(7-9)20-23-19-12/h1-7H,(H2,17,18,21,22). The summed E-state index contributed by atoms with van der Waals surface area (Å²) in [5, 5.41) is 14.6. The molecule has 1 aromatic heterocycles. The van der Waals surface area contributed by atoms with Crippen LogP contribution in [-0.4, -0.2) is 19.8 Å². The van der Waals surface area contributed by atoms with Crippen molar-refractivity contribution < 1.29 is 4.79 Å². The summed E-state index contributed by atoms with van der Waals surface area (Å²) >= 11 is 6.21. The van der Waals surface area contributed by atoms with Gasteiger partial charge in [-0.05, 0) is 42.5 Å². The number of nitrogens with zero attached hydrogens (tertiary/aromatic N) is 3. The molecular formula is C15H9N5OS2. The van der Waals surface area contributed by atoms with Crippen LogP contribution in [0.25, 0.3) is 11.0 Å². The van der Waals surface area contributed by atoms with E-state index >= 15 is 0 Å². The number of para-hydroxylation sites is 1. The van der Waals surface area contributed by atoms with Gasteiger partial charge in [0.15, 0.2) is 5.11 Å². The molecular weight excluding hydrogens is 330 g/mol. The number of nitriles is 1. The molecule has 0 saturated heterocycles. The second kappa shape index (κ2) is 6.48. The number of fused-ring (bicyclic) bond motifs is 1. The van der Waals surface area contributed by atoms with E-state index in [9.17, 15) is 4.79 Å². The van der Waals surface area contributed by atoms with Gasteiger partial charge in [0.1, 0.15) is 17.1 Å². The second-order valence-electron chi connectivity index (χ2n) is 4.53. The van der Waals surface area contributed by atoms with E-state index in [0.29, 0.717) is 22.3 Å². The summed E-state index contributed by atoms with van der Waals surface area (Å²) in [7, 11) is 0. The maximum absolute atomic E-state index is 12.2. The van der Waals surface area contributed by atoms with Crippen molar-refractivity contribution in [2.45, 2.75) is 0 Å². The normalized spacial score (nSPS) is 10.0. The third-order valence-corrected chi connectivity index (χ3v) is 3.80. The molecule has 0 saturated carbocycles. The lowest BCUT2D eigenvalue weighted by atomic mass is 10.2. The highest BCUT2D eigenvalue weighted by atomic mass is 32.1. The Morgan fingerprint density at radius 3 is 2.78 bits per heavy atom. The van der Waals surface area contributed by atoms with Crippen molar-refractivity contribution in [3.05, 3.63) is 53.6 Å². The number of hydrogen-bond donors (Lipinski definition) is 2. The summed E-state index contributed by atoms with van der Waals surface area (Å²) in [5.41, 5.74) is 2.83. The van der Waals surface area contributed by atoms with Gasteiger partial charge in [-0.3, -0.25) is 10.1 Å². The molecule has 23 heavy (non-hydrogen) atoms. The Morgan fingerprint density at radius 2 is 1.96 bits per heavy atom. The number of anilines is 1. The fourth-order valence-corrected chi connectivity index (χ4v) is 2.66. The molecule has 0 aliphatic heterocycles. The van der Waals surface area contributed by atoms with Crippen LogP contribution in [-0.2, 0) is 0 Å². The molecule has 112 valence electrons. The van der Waals surface area contributed by atoms with Crippen LogP contribution in [0.15, 0.2) is 42.5 Å². The summed E-state index contributed by atoms with van der Waals surface area (Å²) in [6.07, 6.45) is 0. The van der Waals surface area contributed by atoms with Gasteiger partial charge in [-0.15, -0.1) is 0 Å².